The predicted octanol–water partition coefficient (Wildman–Crippen LogP) is 1.20. The summed E-state index contributed by atoms with van der Waals surface area (Å²) in [4.78, 5) is 23.6. The van der Waals surface area contributed by atoms with Crippen LogP contribution in [0.4, 0.5) is 0 Å². The van der Waals surface area contributed by atoms with Gasteiger partial charge in [-0.15, -0.1) is 0 Å². The molecule has 0 saturated heterocycles. The third-order valence-corrected chi connectivity index (χ3v) is 4.01. The Bertz CT molecular complexity index is 428. The monoisotopic (exact) mass is 222 g/mol. The third kappa shape index (κ3) is 1.70. The molecule has 2 rings (SSSR count). The van der Waals surface area contributed by atoms with Gasteiger partial charge in [0.1, 0.15) is 17.5 Å². The molecule has 0 aromatic heterocycles. The van der Waals surface area contributed by atoms with Gasteiger partial charge in [0.2, 0.25) is 0 Å². The van der Waals surface area contributed by atoms with Gasteiger partial charge in [-0.25, -0.2) is 0 Å². The molecule has 1 heterocycles. The van der Waals surface area contributed by atoms with Crippen LogP contribution in [0, 0.1) is 5.92 Å². The van der Waals surface area contributed by atoms with Crippen LogP contribution in [0.15, 0.2) is 29.2 Å². The van der Waals surface area contributed by atoms with Crippen molar-refractivity contribution in [2.75, 3.05) is 5.75 Å². The molecule has 15 heavy (non-hydrogen) atoms. The minimum Gasteiger partial charge on any atom is -0.611 e. The molecule has 0 radical (unpaired) electrons. The number of ketones is 2. The van der Waals surface area contributed by atoms with Crippen molar-refractivity contribution in [1.29, 1.82) is 0 Å². The van der Waals surface area contributed by atoms with Gasteiger partial charge >= 0.3 is 0 Å². The minimum absolute atomic E-state index is 0.130. The zero-order valence-electron chi connectivity index (χ0n) is 8.23. The Kier molecular flexibility index (Phi) is 2.63. The third-order valence-electron chi connectivity index (χ3n) is 2.52. The fraction of sp³-hybridized carbons (Fsp3) is 0.273. The molecule has 1 aromatic rings. The lowest BCUT2D eigenvalue weighted by Crippen LogP contribution is -2.35. The molecule has 1 aromatic carbocycles. The van der Waals surface area contributed by atoms with Gasteiger partial charge in [0.05, 0.1) is 5.56 Å². The van der Waals surface area contributed by atoms with E-state index in [-0.39, 0.29) is 17.3 Å². The molecule has 0 spiro atoms. The fourth-order valence-corrected chi connectivity index (χ4v) is 3.19. The van der Waals surface area contributed by atoms with Gasteiger partial charge in [0, 0.05) is 0 Å². The summed E-state index contributed by atoms with van der Waals surface area (Å²) in [5.41, 5.74) is 0.433. The predicted molar refractivity (Wildman–Crippen MR) is 56.2 cm³/mol. The quantitative estimate of drug-likeness (QED) is 0.530. The van der Waals surface area contributed by atoms with Gasteiger partial charge in [0.25, 0.3) is 0 Å². The van der Waals surface area contributed by atoms with Crippen molar-refractivity contribution in [3.63, 3.8) is 0 Å². The van der Waals surface area contributed by atoms with E-state index in [4.69, 9.17) is 0 Å². The lowest BCUT2D eigenvalue weighted by atomic mass is 9.95. The van der Waals surface area contributed by atoms with Gasteiger partial charge in [-0.05, 0) is 30.2 Å². The Morgan fingerprint density at radius 3 is 2.80 bits per heavy atom. The normalized spacial score (nSPS) is 24.8. The number of Topliss-reactive ketones (excluding diaryl/α,β-unsaturated/α-hetero) is 2. The largest absolute Gasteiger partial charge is 0.611 e. The second-order valence-electron chi connectivity index (χ2n) is 3.54. The molecule has 0 bridgehead atoms. The van der Waals surface area contributed by atoms with Crippen LogP contribution in [0.1, 0.15) is 17.3 Å². The number of rotatable bonds is 1. The maximum atomic E-state index is 11.8. The zero-order valence-corrected chi connectivity index (χ0v) is 9.04. The van der Waals surface area contributed by atoms with E-state index in [1.54, 1.807) is 24.3 Å². The highest BCUT2D eigenvalue weighted by atomic mass is 32.2. The molecule has 0 saturated carbocycles. The van der Waals surface area contributed by atoms with E-state index in [9.17, 15) is 14.1 Å². The zero-order chi connectivity index (χ0) is 11.0. The molecular weight excluding hydrogens is 212 g/mol. The highest BCUT2D eigenvalue weighted by Crippen LogP contribution is 2.28. The van der Waals surface area contributed by atoms with Crippen LogP contribution >= 0.6 is 0 Å². The summed E-state index contributed by atoms with van der Waals surface area (Å²) in [5, 5.41) is 0. The van der Waals surface area contributed by atoms with Crippen molar-refractivity contribution in [1.82, 2.24) is 0 Å². The molecule has 0 amide bonds. The molecule has 0 fully saturated rings. The van der Waals surface area contributed by atoms with Crippen LogP contribution in [-0.4, -0.2) is 21.9 Å². The first-order chi connectivity index (χ1) is 7.11. The minimum atomic E-state index is -1.23. The Labute approximate surface area is 90.7 Å². The molecule has 2 unspecified atom stereocenters. The summed E-state index contributed by atoms with van der Waals surface area (Å²) in [6.07, 6.45) is 0. The number of carbonyl (C=O) groups excluding carboxylic acids is 2. The van der Waals surface area contributed by atoms with Crippen molar-refractivity contribution < 1.29 is 14.1 Å². The Balaban J connectivity index is 2.49. The summed E-state index contributed by atoms with van der Waals surface area (Å²) in [5.74, 6) is -0.994. The summed E-state index contributed by atoms with van der Waals surface area (Å²) in [6.45, 7) is 1.37. The summed E-state index contributed by atoms with van der Waals surface area (Å²) in [7, 11) is 0. The molecule has 0 aliphatic carbocycles. The Morgan fingerprint density at radius 2 is 2.13 bits per heavy atom. The second-order valence-corrected chi connectivity index (χ2v) is 5.00. The lowest BCUT2D eigenvalue weighted by Gasteiger charge is -2.23. The average molecular weight is 222 g/mol. The molecule has 0 N–H and O–H groups in total. The summed E-state index contributed by atoms with van der Waals surface area (Å²) < 4.78 is 11.8. The number of carbonyl (C=O) groups is 2. The average Bonchev–Trinajstić information content (AvgIpc) is 2.23. The maximum absolute atomic E-state index is 11.8. The van der Waals surface area contributed by atoms with Crippen molar-refractivity contribution in [3.8, 4) is 0 Å². The SMILES string of the molecule is CC(=O)C1C[S+]([O-])c2ccccc2C1=O. The summed E-state index contributed by atoms with van der Waals surface area (Å²) >= 11 is -1.23. The molecular formula is C11H10O3S. The molecule has 3 nitrogen and oxygen atoms in total. The van der Waals surface area contributed by atoms with Crippen LogP contribution < -0.4 is 0 Å². The van der Waals surface area contributed by atoms with Crippen molar-refractivity contribution in [3.05, 3.63) is 29.8 Å². The van der Waals surface area contributed by atoms with Crippen LogP contribution in [0.5, 0.6) is 0 Å². The van der Waals surface area contributed by atoms with E-state index in [0.29, 0.717) is 10.5 Å². The first-order valence-corrected chi connectivity index (χ1v) is 5.95. The standard InChI is InChI=1S/C11H10O3S/c1-7(12)9-6-15(14)10-5-3-2-4-8(10)11(9)13/h2-5,9H,6H2,1H3. The molecule has 1 aliphatic rings. The van der Waals surface area contributed by atoms with E-state index in [1.807, 2.05) is 0 Å². The van der Waals surface area contributed by atoms with Crippen LogP contribution in [0.25, 0.3) is 0 Å². The smallest absolute Gasteiger partial charge is 0.183 e. The Hall–Kier alpha value is -1.13. The summed E-state index contributed by atoms with van der Waals surface area (Å²) in [6, 6.07) is 6.78. The molecule has 4 heteroatoms. The highest BCUT2D eigenvalue weighted by molar-refractivity contribution is 7.91. The van der Waals surface area contributed by atoms with E-state index < -0.39 is 17.1 Å². The van der Waals surface area contributed by atoms with E-state index in [1.165, 1.54) is 6.92 Å². The topological polar surface area (TPSA) is 57.2 Å². The second kappa shape index (κ2) is 3.79. The van der Waals surface area contributed by atoms with Gasteiger partial charge in [0.15, 0.2) is 10.7 Å². The number of hydrogen-bond acceptors (Lipinski definition) is 3. The van der Waals surface area contributed by atoms with E-state index >= 15 is 0 Å². The first-order valence-electron chi connectivity index (χ1n) is 4.63. The number of benzene rings is 1. The maximum Gasteiger partial charge on any atom is 0.183 e. The molecule has 1 aliphatic heterocycles. The van der Waals surface area contributed by atoms with Gasteiger partial charge in [-0.2, -0.15) is 0 Å². The van der Waals surface area contributed by atoms with Crippen molar-refractivity contribution >= 4 is 22.7 Å². The Morgan fingerprint density at radius 1 is 1.47 bits per heavy atom. The van der Waals surface area contributed by atoms with Crippen molar-refractivity contribution in [2.45, 2.75) is 11.8 Å². The molecule has 78 valence electrons. The van der Waals surface area contributed by atoms with E-state index in [2.05, 4.69) is 0 Å². The van der Waals surface area contributed by atoms with Crippen LogP contribution in [-0.2, 0) is 16.0 Å². The van der Waals surface area contributed by atoms with Gasteiger partial charge in [-0.1, -0.05) is 12.1 Å². The van der Waals surface area contributed by atoms with Gasteiger partial charge < -0.3 is 4.55 Å². The fourth-order valence-electron chi connectivity index (χ4n) is 1.68. The highest BCUT2D eigenvalue weighted by Gasteiger charge is 2.38. The lowest BCUT2D eigenvalue weighted by molar-refractivity contribution is -0.118. The number of hydrogen-bond donors (Lipinski definition) is 0. The number of fused-ring (bicyclic) bond motifs is 1. The first kappa shape index (κ1) is 10.4. The van der Waals surface area contributed by atoms with Crippen molar-refractivity contribution in [2.24, 2.45) is 5.92 Å². The molecule has 2 atom stereocenters. The van der Waals surface area contributed by atoms with Crippen LogP contribution in [0.2, 0.25) is 0 Å². The van der Waals surface area contributed by atoms with Gasteiger partial charge in [-0.3, -0.25) is 9.59 Å². The van der Waals surface area contributed by atoms with Crippen LogP contribution in [0.3, 0.4) is 0 Å². The van der Waals surface area contributed by atoms with E-state index in [0.717, 1.165) is 0 Å².